The van der Waals surface area contributed by atoms with Gasteiger partial charge in [0.1, 0.15) is 5.82 Å². The number of hydrogen-bond donors (Lipinski definition) is 4. The molecule has 7 N–H and O–H groups in total. The van der Waals surface area contributed by atoms with Crippen molar-refractivity contribution in [2.24, 2.45) is 17.4 Å². The number of nitrogens with zero attached hydrogens (tertiary/aromatic N) is 3. The van der Waals surface area contributed by atoms with Gasteiger partial charge in [-0.05, 0) is 54.3 Å². The first kappa shape index (κ1) is 28.5. The molecule has 1 unspecified atom stereocenters. The number of aliphatic hydroxyl groups is 1. The third-order valence-electron chi connectivity index (χ3n) is 5.95. The van der Waals surface area contributed by atoms with Crippen molar-refractivity contribution in [3.63, 3.8) is 0 Å². The van der Waals surface area contributed by atoms with Crippen LogP contribution in [0, 0.1) is 11.7 Å². The zero-order chi connectivity index (χ0) is 26.8. The first-order chi connectivity index (χ1) is 17.3. The van der Waals surface area contributed by atoms with Crippen LogP contribution in [0.5, 0.6) is 0 Å². The van der Waals surface area contributed by atoms with E-state index in [-0.39, 0.29) is 35.4 Å². The molecule has 0 bridgehead atoms. The molecular weight excluding hydrogens is 455 g/mol. The van der Waals surface area contributed by atoms with Crippen LogP contribution < -0.4 is 17.2 Å². The van der Waals surface area contributed by atoms with Gasteiger partial charge in [0.05, 0.1) is 23.6 Å². The van der Waals surface area contributed by atoms with E-state index in [2.05, 4.69) is 16.9 Å². The SMILES string of the molecule is CC.CC[C@@H](C)C(/C=C(\N)c1c(N)cccc1F)=C(/N)C(C)c1ccnc(-c2ccc(CO)nc2)n1. The van der Waals surface area contributed by atoms with Crippen molar-refractivity contribution in [2.45, 2.75) is 53.6 Å². The predicted molar refractivity (Wildman–Crippen MR) is 145 cm³/mol. The van der Waals surface area contributed by atoms with Gasteiger partial charge in [0.2, 0.25) is 0 Å². The molecule has 0 aliphatic carbocycles. The standard InChI is InChI=1S/C26H31FN6O.C2H6/c1-4-15(2)19(12-22(29)24-20(27)6-5-7-21(24)28)25(30)16(3)23-10-11-31-26(33-23)17-8-9-18(14-34)32-13-17;1-2/h5-13,15-16,34H,4,14,28-30H2,1-3H3;1-2H3/b22-12-,25-19+;/t15-,16?;/m1./s1. The van der Waals surface area contributed by atoms with E-state index < -0.39 is 5.82 Å². The quantitative estimate of drug-likeness (QED) is 0.252. The highest BCUT2D eigenvalue weighted by atomic mass is 19.1. The molecule has 8 heteroatoms. The van der Waals surface area contributed by atoms with Gasteiger partial charge in [-0.2, -0.15) is 0 Å². The second-order valence-electron chi connectivity index (χ2n) is 8.25. The summed E-state index contributed by atoms with van der Waals surface area (Å²) in [6.45, 7) is 9.92. The van der Waals surface area contributed by atoms with Gasteiger partial charge in [-0.15, -0.1) is 0 Å². The maximum absolute atomic E-state index is 14.4. The number of allylic oxidation sites excluding steroid dienone is 3. The molecule has 2 atom stereocenters. The fourth-order valence-corrected chi connectivity index (χ4v) is 3.63. The van der Waals surface area contributed by atoms with Crippen LogP contribution in [0.15, 0.2) is 66.1 Å². The maximum atomic E-state index is 14.4. The zero-order valence-corrected chi connectivity index (χ0v) is 21.7. The summed E-state index contributed by atoms with van der Waals surface area (Å²) in [5.41, 5.74) is 23.0. The van der Waals surface area contributed by atoms with Gasteiger partial charge < -0.3 is 22.3 Å². The highest BCUT2D eigenvalue weighted by molar-refractivity contribution is 5.75. The van der Waals surface area contributed by atoms with Gasteiger partial charge in [0.15, 0.2) is 5.82 Å². The summed E-state index contributed by atoms with van der Waals surface area (Å²) in [5.74, 6) is -0.151. The number of aromatic nitrogens is 3. The highest BCUT2D eigenvalue weighted by Gasteiger charge is 2.19. The molecule has 0 saturated carbocycles. The molecule has 36 heavy (non-hydrogen) atoms. The van der Waals surface area contributed by atoms with Gasteiger partial charge >= 0.3 is 0 Å². The molecule has 2 heterocycles. The minimum Gasteiger partial charge on any atom is -0.401 e. The molecule has 0 aliphatic heterocycles. The van der Waals surface area contributed by atoms with Crippen molar-refractivity contribution in [3.05, 3.63) is 88.9 Å². The largest absolute Gasteiger partial charge is 0.401 e. The van der Waals surface area contributed by atoms with Crippen LogP contribution in [0.4, 0.5) is 10.1 Å². The summed E-state index contributed by atoms with van der Waals surface area (Å²) in [4.78, 5) is 13.2. The van der Waals surface area contributed by atoms with E-state index in [1.807, 2.05) is 39.8 Å². The summed E-state index contributed by atoms with van der Waals surface area (Å²) >= 11 is 0. The fourth-order valence-electron chi connectivity index (χ4n) is 3.63. The molecule has 0 spiro atoms. The highest BCUT2D eigenvalue weighted by Crippen LogP contribution is 2.31. The lowest BCUT2D eigenvalue weighted by Gasteiger charge is -2.21. The molecule has 0 radical (unpaired) electrons. The van der Waals surface area contributed by atoms with Gasteiger partial charge in [0.25, 0.3) is 0 Å². The van der Waals surface area contributed by atoms with Crippen LogP contribution in [0.3, 0.4) is 0 Å². The Kier molecular flexibility index (Phi) is 10.5. The Morgan fingerprint density at radius 1 is 1.08 bits per heavy atom. The van der Waals surface area contributed by atoms with E-state index in [1.165, 1.54) is 6.07 Å². The van der Waals surface area contributed by atoms with E-state index in [4.69, 9.17) is 22.2 Å². The Morgan fingerprint density at radius 3 is 2.39 bits per heavy atom. The normalized spacial score (nSPS) is 13.8. The van der Waals surface area contributed by atoms with Gasteiger partial charge in [0, 0.05) is 41.0 Å². The summed E-state index contributed by atoms with van der Waals surface area (Å²) in [5, 5.41) is 9.21. The number of anilines is 1. The smallest absolute Gasteiger partial charge is 0.160 e. The lowest BCUT2D eigenvalue weighted by atomic mass is 9.89. The summed E-state index contributed by atoms with van der Waals surface area (Å²) in [7, 11) is 0. The van der Waals surface area contributed by atoms with Gasteiger partial charge in [-0.1, -0.05) is 40.7 Å². The molecule has 0 saturated heterocycles. The molecule has 0 aliphatic rings. The Hall–Kier alpha value is -3.78. The monoisotopic (exact) mass is 492 g/mol. The Labute approximate surface area is 213 Å². The zero-order valence-electron chi connectivity index (χ0n) is 21.7. The number of benzene rings is 1. The second-order valence-corrected chi connectivity index (χ2v) is 8.25. The van der Waals surface area contributed by atoms with E-state index in [0.29, 0.717) is 17.2 Å². The van der Waals surface area contributed by atoms with Crippen molar-refractivity contribution in [1.29, 1.82) is 0 Å². The van der Waals surface area contributed by atoms with Crippen LogP contribution in [0.2, 0.25) is 0 Å². The Balaban J connectivity index is 0.00000222. The number of rotatable bonds is 8. The second kappa shape index (κ2) is 13.3. The van der Waals surface area contributed by atoms with Crippen LogP contribution in [-0.2, 0) is 6.61 Å². The lowest BCUT2D eigenvalue weighted by Crippen LogP contribution is -2.16. The minimum atomic E-state index is -0.481. The van der Waals surface area contributed by atoms with Crippen LogP contribution in [0.25, 0.3) is 17.1 Å². The third kappa shape index (κ3) is 6.66. The average molecular weight is 493 g/mol. The molecule has 0 fully saturated rings. The molecule has 7 nitrogen and oxygen atoms in total. The average Bonchev–Trinajstić information content (AvgIpc) is 2.91. The first-order valence-electron chi connectivity index (χ1n) is 12.2. The number of nitrogens with two attached hydrogens (primary N) is 3. The van der Waals surface area contributed by atoms with E-state index in [1.54, 1.807) is 36.7 Å². The lowest BCUT2D eigenvalue weighted by molar-refractivity contribution is 0.277. The van der Waals surface area contributed by atoms with Crippen molar-refractivity contribution in [2.75, 3.05) is 5.73 Å². The number of pyridine rings is 1. The molecular formula is C28H37FN6O. The molecule has 3 aromatic rings. The molecule has 0 amide bonds. The Morgan fingerprint density at radius 2 is 1.81 bits per heavy atom. The van der Waals surface area contributed by atoms with Gasteiger partial charge in [-0.25, -0.2) is 14.4 Å². The van der Waals surface area contributed by atoms with Crippen molar-refractivity contribution < 1.29 is 9.50 Å². The Bertz CT molecular complexity index is 1190. The number of nitrogen functional groups attached to an aromatic ring is 1. The summed E-state index contributed by atoms with van der Waals surface area (Å²) in [6, 6.07) is 9.84. The van der Waals surface area contributed by atoms with Crippen LogP contribution in [-0.4, -0.2) is 20.1 Å². The summed E-state index contributed by atoms with van der Waals surface area (Å²) < 4.78 is 14.4. The molecule has 1 aromatic carbocycles. The van der Waals surface area contributed by atoms with E-state index in [0.717, 1.165) is 23.3 Å². The van der Waals surface area contributed by atoms with Crippen molar-refractivity contribution >= 4 is 11.4 Å². The molecule has 2 aromatic heterocycles. The topological polar surface area (TPSA) is 137 Å². The van der Waals surface area contributed by atoms with Crippen LogP contribution in [0.1, 0.15) is 63.9 Å². The van der Waals surface area contributed by atoms with E-state index in [9.17, 15) is 9.50 Å². The molecule has 3 rings (SSSR count). The number of hydrogen-bond acceptors (Lipinski definition) is 7. The minimum absolute atomic E-state index is 0.0746. The number of halogens is 1. The first-order valence-corrected chi connectivity index (χ1v) is 12.2. The molecule has 192 valence electrons. The van der Waals surface area contributed by atoms with E-state index >= 15 is 0 Å². The maximum Gasteiger partial charge on any atom is 0.160 e. The number of aliphatic hydroxyl groups excluding tert-OH is 1. The fraction of sp³-hybridized carbons (Fsp3) is 0.321. The predicted octanol–water partition coefficient (Wildman–Crippen LogP) is 5.14. The van der Waals surface area contributed by atoms with Crippen molar-refractivity contribution in [3.8, 4) is 11.4 Å². The summed E-state index contributed by atoms with van der Waals surface area (Å²) in [6.07, 6.45) is 5.83. The van der Waals surface area contributed by atoms with Crippen LogP contribution >= 0.6 is 0 Å². The third-order valence-corrected chi connectivity index (χ3v) is 5.95. The van der Waals surface area contributed by atoms with Gasteiger partial charge in [-0.3, -0.25) is 4.98 Å². The van der Waals surface area contributed by atoms with Crippen molar-refractivity contribution in [1.82, 2.24) is 15.0 Å².